The van der Waals surface area contributed by atoms with E-state index in [-0.39, 0.29) is 0 Å². The number of aliphatic hydroxyl groups excluding tert-OH is 1. The van der Waals surface area contributed by atoms with E-state index in [4.69, 9.17) is 4.74 Å². The van der Waals surface area contributed by atoms with Crippen molar-refractivity contribution in [1.29, 1.82) is 0 Å². The highest BCUT2D eigenvalue weighted by Gasteiger charge is 2.22. The minimum atomic E-state index is -0.404. The number of benzene rings is 1. The van der Waals surface area contributed by atoms with Crippen LogP contribution in [0.15, 0.2) is 30.3 Å². The Bertz CT molecular complexity index is 372. The van der Waals surface area contributed by atoms with Gasteiger partial charge in [-0.2, -0.15) is 0 Å². The highest BCUT2D eigenvalue weighted by molar-refractivity contribution is 5.14. The van der Waals surface area contributed by atoms with Crippen molar-refractivity contribution in [1.82, 2.24) is 10.2 Å². The average molecular weight is 278 g/mol. The summed E-state index contributed by atoms with van der Waals surface area (Å²) in [6.45, 7) is 4.35. The number of hydrogen-bond donors (Lipinski definition) is 2. The molecule has 0 amide bonds. The Labute approximate surface area is 121 Å². The lowest BCUT2D eigenvalue weighted by atomic mass is 10.1. The Morgan fingerprint density at radius 2 is 2.20 bits per heavy atom. The molecule has 0 saturated carbocycles. The minimum Gasteiger partial charge on any atom is -0.389 e. The number of nitrogens with zero attached hydrogens (tertiary/aromatic N) is 1. The second-order valence-electron chi connectivity index (χ2n) is 5.54. The molecule has 1 heterocycles. The van der Waals surface area contributed by atoms with Gasteiger partial charge in [-0.3, -0.25) is 0 Å². The average Bonchev–Trinajstić information content (AvgIpc) is 2.92. The first kappa shape index (κ1) is 15.4. The number of rotatable bonds is 8. The van der Waals surface area contributed by atoms with Gasteiger partial charge in [-0.15, -0.1) is 0 Å². The van der Waals surface area contributed by atoms with Crippen LogP contribution in [0, 0.1) is 0 Å². The van der Waals surface area contributed by atoms with Gasteiger partial charge in [-0.1, -0.05) is 30.3 Å². The van der Waals surface area contributed by atoms with Crippen molar-refractivity contribution < 1.29 is 9.84 Å². The van der Waals surface area contributed by atoms with Crippen LogP contribution in [0.1, 0.15) is 12.0 Å². The molecule has 1 fully saturated rings. The molecule has 1 saturated heterocycles. The van der Waals surface area contributed by atoms with Crippen LogP contribution in [0.25, 0.3) is 0 Å². The Morgan fingerprint density at radius 3 is 2.95 bits per heavy atom. The topological polar surface area (TPSA) is 44.7 Å². The van der Waals surface area contributed by atoms with E-state index in [1.807, 2.05) is 0 Å². The van der Waals surface area contributed by atoms with Gasteiger partial charge in [0.05, 0.1) is 12.7 Å². The van der Waals surface area contributed by atoms with E-state index >= 15 is 0 Å². The van der Waals surface area contributed by atoms with Gasteiger partial charge in [0.2, 0.25) is 0 Å². The fourth-order valence-electron chi connectivity index (χ4n) is 2.69. The summed E-state index contributed by atoms with van der Waals surface area (Å²) in [6.07, 6.45) is 1.87. The predicted octanol–water partition coefficient (Wildman–Crippen LogP) is 0.900. The van der Waals surface area contributed by atoms with Crippen LogP contribution in [0.4, 0.5) is 0 Å². The Morgan fingerprint density at radius 1 is 1.40 bits per heavy atom. The van der Waals surface area contributed by atoms with Gasteiger partial charge in [0, 0.05) is 32.8 Å². The summed E-state index contributed by atoms with van der Waals surface area (Å²) in [5.74, 6) is 0. The zero-order chi connectivity index (χ0) is 14.2. The fourth-order valence-corrected chi connectivity index (χ4v) is 2.69. The maximum absolute atomic E-state index is 9.63. The molecular formula is C16H26N2O2. The van der Waals surface area contributed by atoms with Crippen LogP contribution in [0.5, 0.6) is 0 Å². The Kier molecular flexibility index (Phi) is 6.47. The lowest BCUT2D eigenvalue weighted by Gasteiger charge is -2.18. The third kappa shape index (κ3) is 5.21. The van der Waals surface area contributed by atoms with Crippen molar-refractivity contribution in [2.75, 3.05) is 39.9 Å². The second-order valence-corrected chi connectivity index (χ2v) is 5.54. The fraction of sp³-hybridized carbons (Fsp3) is 0.625. The summed E-state index contributed by atoms with van der Waals surface area (Å²) >= 11 is 0. The largest absolute Gasteiger partial charge is 0.389 e. The maximum atomic E-state index is 9.63. The summed E-state index contributed by atoms with van der Waals surface area (Å²) in [5.41, 5.74) is 1.40. The normalized spacial score (nSPS) is 21.2. The van der Waals surface area contributed by atoms with E-state index in [0.717, 1.165) is 32.5 Å². The maximum Gasteiger partial charge on any atom is 0.0897 e. The van der Waals surface area contributed by atoms with Gasteiger partial charge >= 0.3 is 0 Å². The third-order valence-electron chi connectivity index (χ3n) is 3.83. The molecule has 2 unspecified atom stereocenters. The number of likely N-dealkylation sites (tertiary alicyclic amines) is 1. The van der Waals surface area contributed by atoms with Crippen LogP contribution in [0.2, 0.25) is 0 Å². The minimum absolute atomic E-state index is 0.400. The molecule has 0 aromatic heterocycles. The summed E-state index contributed by atoms with van der Waals surface area (Å²) in [7, 11) is 1.62. The van der Waals surface area contributed by atoms with Gasteiger partial charge < -0.3 is 20.1 Å². The molecule has 2 atom stereocenters. The first-order valence-corrected chi connectivity index (χ1v) is 7.44. The van der Waals surface area contributed by atoms with Crippen LogP contribution in [-0.4, -0.2) is 62.0 Å². The van der Waals surface area contributed by atoms with E-state index < -0.39 is 6.10 Å². The van der Waals surface area contributed by atoms with Crippen molar-refractivity contribution >= 4 is 0 Å². The lowest BCUT2D eigenvalue weighted by molar-refractivity contribution is 0.0628. The van der Waals surface area contributed by atoms with E-state index in [0.29, 0.717) is 19.2 Å². The van der Waals surface area contributed by atoms with Crippen molar-refractivity contribution in [3.63, 3.8) is 0 Å². The lowest BCUT2D eigenvalue weighted by Crippen LogP contribution is -2.39. The molecule has 1 aliphatic rings. The highest BCUT2D eigenvalue weighted by Crippen LogP contribution is 2.10. The molecule has 1 aromatic carbocycles. The zero-order valence-electron chi connectivity index (χ0n) is 12.3. The molecule has 4 nitrogen and oxygen atoms in total. The standard InChI is InChI=1S/C16H26N2O2/c1-20-13-16(19)11-17-15-8-10-18(12-15)9-7-14-5-3-2-4-6-14/h2-6,15-17,19H,7-13H2,1H3. The van der Waals surface area contributed by atoms with E-state index in [1.165, 1.54) is 5.56 Å². The number of methoxy groups -OCH3 is 1. The highest BCUT2D eigenvalue weighted by atomic mass is 16.5. The van der Waals surface area contributed by atoms with Crippen molar-refractivity contribution in [3.8, 4) is 0 Å². The molecule has 1 aromatic rings. The molecule has 2 rings (SSSR count). The quantitative estimate of drug-likeness (QED) is 0.741. The van der Waals surface area contributed by atoms with E-state index in [9.17, 15) is 5.11 Å². The smallest absolute Gasteiger partial charge is 0.0897 e. The molecule has 2 N–H and O–H groups in total. The van der Waals surface area contributed by atoms with E-state index in [2.05, 4.69) is 40.5 Å². The molecular weight excluding hydrogens is 252 g/mol. The molecule has 20 heavy (non-hydrogen) atoms. The van der Waals surface area contributed by atoms with Crippen molar-refractivity contribution in [3.05, 3.63) is 35.9 Å². The van der Waals surface area contributed by atoms with Gasteiger partial charge in [0.15, 0.2) is 0 Å². The Balaban J connectivity index is 1.62. The molecule has 0 aliphatic carbocycles. The van der Waals surface area contributed by atoms with Crippen molar-refractivity contribution in [2.24, 2.45) is 0 Å². The SMILES string of the molecule is COCC(O)CNC1CCN(CCc2ccccc2)C1. The van der Waals surface area contributed by atoms with Crippen molar-refractivity contribution in [2.45, 2.75) is 25.0 Å². The first-order chi connectivity index (χ1) is 9.78. The summed E-state index contributed by atoms with van der Waals surface area (Å²) in [4.78, 5) is 2.49. The number of aliphatic hydroxyl groups is 1. The zero-order valence-corrected chi connectivity index (χ0v) is 12.3. The Hall–Kier alpha value is -0.940. The monoisotopic (exact) mass is 278 g/mol. The molecule has 4 heteroatoms. The van der Waals surface area contributed by atoms with Crippen LogP contribution in [0.3, 0.4) is 0 Å². The molecule has 0 radical (unpaired) electrons. The third-order valence-corrected chi connectivity index (χ3v) is 3.83. The van der Waals surface area contributed by atoms with Crippen LogP contribution in [-0.2, 0) is 11.2 Å². The first-order valence-electron chi connectivity index (χ1n) is 7.44. The summed E-state index contributed by atoms with van der Waals surface area (Å²) in [5, 5.41) is 13.0. The summed E-state index contributed by atoms with van der Waals surface area (Å²) in [6, 6.07) is 11.1. The number of ether oxygens (including phenoxy) is 1. The number of nitrogens with one attached hydrogen (secondary N) is 1. The second kappa shape index (κ2) is 8.37. The predicted molar refractivity (Wildman–Crippen MR) is 80.9 cm³/mol. The molecule has 112 valence electrons. The molecule has 0 spiro atoms. The number of hydrogen-bond acceptors (Lipinski definition) is 4. The molecule has 1 aliphatic heterocycles. The van der Waals surface area contributed by atoms with E-state index in [1.54, 1.807) is 7.11 Å². The van der Waals surface area contributed by atoms with Gasteiger partial charge in [-0.25, -0.2) is 0 Å². The van der Waals surface area contributed by atoms with Crippen LogP contribution < -0.4 is 5.32 Å². The molecule has 0 bridgehead atoms. The van der Waals surface area contributed by atoms with Gasteiger partial charge in [0.25, 0.3) is 0 Å². The van der Waals surface area contributed by atoms with Crippen LogP contribution >= 0.6 is 0 Å². The van der Waals surface area contributed by atoms with Gasteiger partial charge in [0.1, 0.15) is 0 Å². The van der Waals surface area contributed by atoms with Gasteiger partial charge in [-0.05, 0) is 24.9 Å². The summed E-state index contributed by atoms with van der Waals surface area (Å²) < 4.78 is 4.93.